The Bertz CT molecular complexity index is 254. The molecule has 0 spiro atoms. The summed E-state index contributed by atoms with van der Waals surface area (Å²) in [6, 6.07) is 4.01. The highest BCUT2D eigenvalue weighted by Gasteiger charge is 2.11. The summed E-state index contributed by atoms with van der Waals surface area (Å²) in [4.78, 5) is 0. The molecule has 0 aliphatic heterocycles. The second kappa shape index (κ2) is 6.29. The lowest BCUT2D eigenvalue weighted by atomic mass is 10.2. The summed E-state index contributed by atoms with van der Waals surface area (Å²) >= 11 is 0. The number of rotatable bonds is 2. The normalized spacial score (nSPS) is 9.36. The topological polar surface area (TPSA) is 9.23 Å². The third kappa shape index (κ3) is 3.68. The second-order valence-electron chi connectivity index (χ2n) is 2.26. The van der Waals surface area contributed by atoms with Gasteiger partial charge in [0, 0.05) is 0 Å². The predicted molar refractivity (Wildman–Crippen MR) is 49.1 cm³/mol. The van der Waals surface area contributed by atoms with Gasteiger partial charge in [0.25, 0.3) is 0 Å². The lowest BCUT2D eigenvalue weighted by molar-refractivity contribution is -0.0526. The van der Waals surface area contributed by atoms with Gasteiger partial charge in [-0.15, -0.1) is 0 Å². The maximum atomic E-state index is 12.8. The summed E-state index contributed by atoms with van der Waals surface area (Å²) in [5, 5.41) is 0. The Kier molecular flexibility index (Phi) is 5.76. The molecule has 0 radical (unpaired) electrons. The van der Waals surface area contributed by atoms with Crippen molar-refractivity contribution in [3.05, 3.63) is 29.6 Å². The molecule has 0 bridgehead atoms. The predicted octanol–water partition coefficient (Wildman–Crippen LogP) is 3.76. The number of hydrogen-bond donors (Lipinski definition) is 0. The van der Waals surface area contributed by atoms with Crippen molar-refractivity contribution in [2.75, 3.05) is 0 Å². The first-order valence-corrected chi connectivity index (χ1v) is 4.31. The van der Waals surface area contributed by atoms with Gasteiger partial charge < -0.3 is 4.74 Å². The van der Waals surface area contributed by atoms with Crippen LogP contribution in [-0.2, 0) is 0 Å². The Morgan fingerprint density at radius 1 is 1.21 bits per heavy atom. The van der Waals surface area contributed by atoms with Crippen molar-refractivity contribution in [1.29, 1.82) is 0 Å². The molecule has 0 unspecified atom stereocenters. The standard InChI is InChI=1S/C8H7F3O.C2H6/c1-5-3-2-4-6(9)7(5)12-8(10)11;1-2/h2-4,8H,1H3;1-2H3. The quantitative estimate of drug-likeness (QED) is 0.715. The van der Waals surface area contributed by atoms with E-state index in [0.717, 1.165) is 6.07 Å². The van der Waals surface area contributed by atoms with E-state index < -0.39 is 12.4 Å². The molecule has 1 aromatic rings. The third-order valence-electron chi connectivity index (χ3n) is 1.37. The zero-order valence-corrected chi connectivity index (χ0v) is 8.35. The summed E-state index contributed by atoms with van der Waals surface area (Å²) in [5.74, 6) is -1.15. The fraction of sp³-hybridized carbons (Fsp3) is 0.400. The molecule has 0 aromatic heterocycles. The number of ether oxygens (including phenoxy) is 1. The molecule has 0 heterocycles. The summed E-state index contributed by atoms with van der Waals surface area (Å²) < 4.78 is 40.1. The molecule has 0 amide bonds. The molecule has 0 saturated heterocycles. The Morgan fingerprint density at radius 2 is 1.79 bits per heavy atom. The van der Waals surface area contributed by atoms with Crippen LogP contribution in [0.15, 0.2) is 18.2 Å². The van der Waals surface area contributed by atoms with E-state index in [4.69, 9.17) is 0 Å². The second-order valence-corrected chi connectivity index (χ2v) is 2.26. The number of alkyl halides is 2. The van der Waals surface area contributed by atoms with Gasteiger partial charge in [-0.05, 0) is 18.6 Å². The number of halogens is 3. The van der Waals surface area contributed by atoms with E-state index in [1.54, 1.807) is 0 Å². The van der Waals surface area contributed by atoms with Gasteiger partial charge >= 0.3 is 6.61 Å². The van der Waals surface area contributed by atoms with E-state index in [9.17, 15) is 13.2 Å². The van der Waals surface area contributed by atoms with E-state index >= 15 is 0 Å². The molecular weight excluding hydrogens is 193 g/mol. The van der Waals surface area contributed by atoms with Gasteiger partial charge in [0.15, 0.2) is 11.6 Å². The third-order valence-corrected chi connectivity index (χ3v) is 1.37. The summed E-state index contributed by atoms with van der Waals surface area (Å²) in [6.07, 6.45) is 0. The fourth-order valence-electron chi connectivity index (χ4n) is 0.855. The molecule has 0 N–H and O–H groups in total. The van der Waals surface area contributed by atoms with Crippen molar-refractivity contribution in [2.45, 2.75) is 27.4 Å². The first-order valence-electron chi connectivity index (χ1n) is 4.31. The lowest BCUT2D eigenvalue weighted by Gasteiger charge is -2.07. The maximum absolute atomic E-state index is 12.8. The zero-order chi connectivity index (χ0) is 11.1. The highest BCUT2D eigenvalue weighted by molar-refractivity contribution is 5.33. The fourth-order valence-corrected chi connectivity index (χ4v) is 0.855. The van der Waals surface area contributed by atoms with Gasteiger partial charge in [-0.25, -0.2) is 4.39 Å². The van der Waals surface area contributed by atoms with Gasteiger partial charge in [0.05, 0.1) is 0 Å². The largest absolute Gasteiger partial charge is 0.431 e. The van der Waals surface area contributed by atoms with Crippen molar-refractivity contribution >= 4 is 0 Å². The van der Waals surface area contributed by atoms with Crippen molar-refractivity contribution in [3.63, 3.8) is 0 Å². The summed E-state index contributed by atoms with van der Waals surface area (Å²) in [6.45, 7) is 2.52. The number of benzene rings is 1. The minimum Gasteiger partial charge on any atom is -0.431 e. The molecule has 1 nitrogen and oxygen atoms in total. The molecular formula is C10H13F3O. The van der Waals surface area contributed by atoms with Crippen LogP contribution < -0.4 is 4.74 Å². The zero-order valence-electron chi connectivity index (χ0n) is 8.35. The van der Waals surface area contributed by atoms with Crippen LogP contribution in [-0.4, -0.2) is 6.61 Å². The van der Waals surface area contributed by atoms with Gasteiger partial charge in [-0.1, -0.05) is 26.0 Å². The van der Waals surface area contributed by atoms with Crippen LogP contribution in [0.1, 0.15) is 19.4 Å². The monoisotopic (exact) mass is 206 g/mol. The Hall–Kier alpha value is -1.19. The van der Waals surface area contributed by atoms with Crippen molar-refractivity contribution in [2.24, 2.45) is 0 Å². The number of aryl methyl sites for hydroxylation is 1. The highest BCUT2D eigenvalue weighted by Crippen LogP contribution is 2.23. The lowest BCUT2D eigenvalue weighted by Crippen LogP contribution is -2.04. The van der Waals surface area contributed by atoms with Crippen LogP contribution in [0.3, 0.4) is 0 Å². The number of para-hydroxylation sites is 1. The first-order chi connectivity index (χ1) is 6.61. The van der Waals surface area contributed by atoms with E-state index in [2.05, 4.69) is 4.74 Å². The van der Waals surface area contributed by atoms with E-state index in [-0.39, 0.29) is 5.75 Å². The SMILES string of the molecule is CC.Cc1cccc(F)c1OC(F)F. The molecule has 0 aliphatic rings. The van der Waals surface area contributed by atoms with Gasteiger partial charge in [-0.3, -0.25) is 0 Å². The average Bonchev–Trinajstić information content (AvgIpc) is 2.15. The van der Waals surface area contributed by atoms with Crippen molar-refractivity contribution in [3.8, 4) is 5.75 Å². The van der Waals surface area contributed by atoms with E-state index in [1.165, 1.54) is 19.1 Å². The first kappa shape index (κ1) is 12.8. The molecule has 0 atom stereocenters. The Balaban J connectivity index is 0.000000791. The molecule has 0 saturated carbocycles. The van der Waals surface area contributed by atoms with Crippen LogP contribution >= 0.6 is 0 Å². The van der Waals surface area contributed by atoms with Crippen LogP contribution in [0.4, 0.5) is 13.2 Å². The maximum Gasteiger partial charge on any atom is 0.387 e. The van der Waals surface area contributed by atoms with Crippen LogP contribution in [0.5, 0.6) is 5.75 Å². The molecule has 80 valence electrons. The minimum absolute atomic E-state index is 0.357. The average molecular weight is 206 g/mol. The van der Waals surface area contributed by atoms with Gasteiger partial charge in [0.2, 0.25) is 0 Å². The molecule has 4 heteroatoms. The smallest absolute Gasteiger partial charge is 0.387 e. The van der Waals surface area contributed by atoms with Crippen LogP contribution in [0, 0.1) is 12.7 Å². The summed E-state index contributed by atoms with van der Waals surface area (Å²) in [7, 11) is 0. The number of hydrogen-bond acceptors (Lipinski definition) is 1. The van der Waals surface area contributed by atoms with Crippen molar-refractivity contribution < 1.29 is 17.9 Å². The van der Waals surface area contributed by atoms with E-state index in [0.29, 0.717) is 5.56 Å². The van der Waals surface area contributed by atoms with E-state index in [1.807, 2.05) is 13.8 Å². The summed E-state index contributed by atoms with van der Waals surface area (Å²) in [5.41, 5.74) is 0.357. The van der Waals surface area contributed by atoms with Crippen LogP contribution in [0.25, 0.3) is 0 Å². The molecule has 14 heavy (non-hydrogen) atoms. The Morgan fingerprint density at radius 3 is 2.21 bits per heavy atom. The minimum atomic E-state index is -2.99. The van der Waals surface area contributed by atoms with Crippen LogP contribution in [0.2, 0.25) is 0 Å². The highest BCUT2D eigenvalue weighted by atomic mass is 19.3. The Labute approximate surface area is 81.5 Å². The van der Waals surface area contributed by atoms with Gasteiger partial charge in [-0.2, -0.15) is 8.78 Å². The van der Waals surface area contributed by atoms with Gasteiger partial charge in [0.1, 0.15) is 0 Å². The molecule has 0 fully saturated rings. The molecule has 1 aromatic carbocycles. The molecule has 0 aliphatic carbocycles. The van der Waals surface area contributed by atoms with Crippen molar-refractivity contribution in [1.82, 2.24) is 0 Å². The molecule has 1 rings (SSSR count).